The van der Waals surface area contributed by atoms with Crippen LogP contribution >= 0.6 is 0 Å². The molecule has 0 saturated carbocycles. The lowest BCUT2D eigenvalue weighted by Gasteiger charge is -2.12. The van der Waals surface area contributed by atoms with Crippen LogP contribution in [0.4, 0.5) is 22.0 Å². The summed E-state index contributed by atoms with van der Waals surface area (Å²) >= 11 is 0. The van der Waals surface area contributed by atoms with E-state index in [0.717, 1.165) is 13.2 Å². The number of ether oxygens (including phenoxy) is 1. The SMILES string of the molecule is COc1cc(C(F)(F)F)c(C#N)nc1C(F)F. The van der Waals surface area contributed by atoms with E-state index in [-0.39, 0.29) is 0 Å². The summed E-state index contributed by atoms with van der Waals surface area (Å²) in [6.07, 6.45) is -7.98. The number of nitriles is 1. The summed E-state index contributed by atoms with van der Waals surface area (Å²) in [6, 6.07) is 1.47. The Bertz CT molecular complexity index is 464. The molecule has 0 amide bonds. The molecule has 1 aromatic rings. The molecule has 0 unspecified atom stereocenters. The van der Waals surface area contributed by atoms with Gasteiger partial charge in [0, 0.05) is 0 Å². The van der Waals surface area contributed by atoms with Crippen LogP contribution in [-0.4, -0.2) is 12.1 Å². The van der Waals surface area contributed by atoms with Gasteiger partial charge in [0.2, 0.25) is 0 Å². The molecular weight excluding hydrogens is 247 g/mol. The van der Waals surface area contributed by atoms with Gasteiger partial charge in [0.05, 0.1) is 12.7 Å². The van der Waals surface area contributed by atoms with Gasteiger partial charge < -0.3 is 4.74 Å². The van der Waals surface area contributed by atoms with Gasteiger partial charge in [-0.3, -0.25) is 0 Å². The number of hydrogen-bond donors (Lipinski definition) is 0. The first-order valence-corrected chi connectivity index (χ1v) is 4.15. The van der Waals surface area contributed by atoms with E-state index in [1.54, 1.807) is 0 Å². The van der Waals surface area contributed by atoms with Crippen LogP contribution in [0.3, 0.4) is 0 Å². The minimum atomic E-state index is -4.86. The molecule has 0 aromatic carbocycles. The lowest BCUT2D eigenvalue weighted by molar-refractivity contribution is -0.138. The third-order valence-electron chi connectivity index (χ3n) is 1.85. The molecule has 1 aromatic heterocycles. The Morgan fingerprint density at radius 2 is 2.00 bits per heavy atom. The quantitative estimate of drug-likeness (QED) is 0.760. The van der Waals surface area contributed by atoms with Crippen LogP contribution in [-0.2, 0) is 6.18 Å². The average molecular weight is 252 g/mol. The van der Waals surface area contributed by atoms with E-state index in [1.165, 1.54) is 0 Å². The fraction of sp³-hybridized carbons (Fsp3) is 0.333. The Kier molecular flexibility index (Phi) is 3.50. The molecule has 92 valence electrons. The van der Waals surface area contributed by atoms with Crippen LogP contribution in [0.5, 0.6) is 5.75 Å². The number of pyridine rings is 1. The highest BCUT2D eigenvalue weighted by atomic mass is 19.4. The second kappa shape index (κ2) is 4.53. The van der Waals surface area contributed by atoms with Crippen molar-refractivity contribution in [3.05, 3.63) is 23.0 Å². The Hall–Kier alpha value is -1.91. The van der Waals surface area contributed by atoms with E-state index in [9.17, 15) is 22.0 Å². The highest BCUT2D eigenvalue weighted by molar-refractivity contribution is 5.42. The highest BCUT2D eigenvalue weighted by Crippen LogP contribution is 2.36. The first kappa shape index (κ1) is 13.2. The molecule has 0 radical (unpaired) electrons. The summed E-state index contributed by atoms with van der Waals surface area (Å²) in [4.78, 5) is 2.97. The van der Waals surface area contributed by atoms with Gasteiger partial charge in [-0.2, -0.15) is 18.4 Å². The van der Waals surface area contributed by atoms with Gasteiger partial charge in [-0.15, -0.1) is 0 Å². The molecule has 0 spiro atoms. The molecule has 1 rings (SSSR count). The summed E-state index contributed by atoms with van der Waals surface area (Å²) in [5.74, 6) is -0.702. The van der Waals surface area contributed by atoms with Crippen LogP contribution in [0.15, 0.2) is 6.07 Å². The van der Waals surface area contributed by atoms with Gasteiger partial charge in [0.15, 0.2) is 5.69 Å². The zero-order valence-electron chi connectivity index (χ0n) is 8.35. The number of hydrogen-bond acceptors (Lipinski definition) is 3. The summed E-state index contributed by atoms with van der Waals surface area (Å²) in [5, 5.41) is 8.45. The van der Waals surface area contributed by atoms with Crippen molar-refractivity contribution in [2.75, 3.05) is 7.11 Å². The first-order valence-electron chi connectivity index (χ1n) is 4.15. The molecule has 0 fully saturated rings. The zero-order chi connectivity index (χ0) is 13.2. The molecule has 17 heavy (non-hydrogen) atoms. The molecule has 1 heterocycles. The molecule has 0 aliphatic heterocycles. The van der Waals surface area contributed by atoms with Crippen molar-refractivity contribution in [2.24, 2.45) is 0 Å². The van der Waals surface area contributed by atoms with Crippen molar-refractivity contribution in [2.45, 2.75) is 12.6 Å². The van der Waals surface area contributed by atoms with Gasteiger partial charge in [0.25, 0.3) is 6.43 Å². The number of rotatable bonds is 2. The molecule has 0 saturated heterocycles. The lowest BCUT2D eigenvalue weighted by Crippen LogP contribution is -2.12. The van der Waals surface area contributed by atoms with Crippen molar-refractivity contribution in [1.29, 1.82) is 5.26 Å². The number of halogens is 5. The van der Waals surface area contributed by atoms with Crippen LogP contribution in [0.2, 0.25) is 0 Å². The Morgan fingerprint density at radius 1 is 1.41 bits per heavy atom. The van der Waals surface area contributed by atoms with Crippen molar-refractivity contribution < 1.29 is 26.7 Å². The predicted molar refractivity (Wildman–Crippen MR) is 45.5 cm³/mol. The molecule has 0 aliphatic rings. The first-order chi connectivity index (χ1) is 7.81. The van der Waals surface area contributed by atoms with E-state index in [1.807, 2.05) is 0 Å². The molecule has 0 aliphatic carbocycles. The van der Waals surface area contributed by atoms with E-state index >= 15 is 0 Å². The molecule has 0 atom stereocenters. The minimum absolute atomic E-state index is 0.340. The van der Waals surface area contributed by atoms with Gasteiger partial charge >= 0.3 is 6.18 Å². The van der Waals surface area contributed by atoms with Gasteiger partial charge in [0.1, 0.15) is 17.5 Å². The monoisotopic (exact) mass is 252 g/mol. The van der Waals surface area contributed by atoms with E-state index in [2.05, 4.69) is 9.72 Å². The summed E-state index contributed by atoms with van der Waals surface area (Å²) in [5.41, 5.74) is -3.49. The maximum Gasteiger partial charge on any atom is 0.419 e. The normalized spacial score (nSPS) is 11.4. The second-order valence-electron chi connectivity index (χ2n) is 2.88. The fourth-order valence-electron chi connectivity index (χ4n) is 1.13. The largest absolute Gasteiger partial charge is 0.495 e. The van der Waals surface area contributed by atoms with E-state index in [0.29, 0.717) is 6.07 Å². The topological polar surface area (TPSA) is 45.9 Å². The highest BCUT2D eigenvalue weighted by Gasteiger charge is 2.36. The molecule has 0 N–H and O–H groups in total. The maximum absolute atomic E-state index is 12.5. The van der Waals surface area contributed by atoms with Crippen LogP contribution in [0, 0.1) is 11.3 Å². The Balaban J connectivity index is 3.51. The maximum atomic E-state index is 12.5. The number of alkyl halides is 5. The minimum Gasteiger partial charge on any atom is -0.495 e. The Morgan fingerprint density at radius 3 is 2.35 bits per heavy atom. The summed E-state index contributed by atoms with van der Waals surface area (Å²) < 4.78 is 66.6. The smallest absolute Gasteiger partial charge is 0.419 e. The molecule has 0 bridgehead atoms. The fourth-order valence-corrected chi connectivity index (χ4v) is 1.13. The van der Waals surface area contributed by atoms with Gasteiger partial charge in [-0.25, -0.2) is 13.8 Å². The average Bonchev–Trinajstić information content (AvgIpc) is 2.25. The van der Waals surface area contributed by atoms with Crippen LogP contribution in [0.25, 0.3) is 0 Å². The third kappa shape index (κ3) is 2.61. The number of nitrogens with zero attached hydrogens (tertiary/aromatic N) is 2. The number of methoxy groups -OCH3 is 1. The summed E-state index contributed by atoms with van der Waals surface area (Å²) in [7, 11) is 0.940. The Labute approximate surface area is 92.4 Å². The van der Waals surface area contributed by atoms with Crippen molar-refractivity contribution in [3.63, 3.8) is 0 Å². The second-order valence-corrected chi connectivity index (χ2v) is 2.88. The van der Waals surface area contributed by atoms with Crippen LogP contribution < -0.4 is 4.74 Å². The van der Waals surface area contributed by atoms with Crippen molar-refractivity contribution in [3.8, 4) is 11.8 Å². The lowest BCUT2D eigenvalue weighted by atomic mass is 10.1. The van der Waals surface area contributed by atoms with Gasteiger partial charge in [-0.05, 0) is 6.07 Å². The standard InChI is InChI=1S/C9H5F5N2O/c1-17-6-2-4(9(12,13)14)5(3-15)16-7(6)8(10)11/h2,8H,1H3. The van der Waals surface area contributed by atoms with Crippen molar-refractivity contribution in [1.82, 2.24) is 4.98 Å². The van der Waals surface area contributed by atoms with Gasteiger partial charge in [-0.1, -0.05) is 0 Å². The number of aromatic nitrogens is 1. The third-order valence-corrected chi connectivity index (χ3v) is 1.85. The predicted octanol–water partition coefficient (Wildman–Crippen LogP) is 2.92. The molecule has 8 heteroatoms. The van der Waals surface area contributed by atoms with Crippen LogP contribution in [0.1, 0.15) is 23.4 Å². The summed E-state index contributed by atoms with van der Waals surface area (Å²) in [6.45, 7) is 0. The molecule has 3 nitrogen and oxygen atoms in total. The van der Waals surface area contributed by atoms with E-state index in [4.69, 9.17) is 5.26 Å². The van der Waals surface area contributed by atoms with Crippen molar-refractivity contribution >= 4 is 0 Å². The zero-order valence-corrected chi connectivity index (χ0v) is 8.35. The van der Waals surface area contributed by atoms with E-state index < -0.39 is 35.3 Å². The molecular formula is C9H5F5N2O.